The molecule has 1 aliphatic heterocycles. The van der Waals surface area contributed by atoms with Gasteiger partial charge in [-0.3, -0.25) is 9.69 Å². The largest absolute Gasteiger partial charge is 0.444 e. The average Bonchev–Trinajstić information content (AvgIpc) is 2.93. The number of hydrogen-bond donors (Lipinski definition) is 1. The number of fused-ring (bicyclic) bond motifs is 1. The van der Waals surface area contributed by atoms with Crippen LogP contribution in [0.4, 0.5) is 4.79 Å². The van der Waals surface area contributed by atoms with E-state index in [-0.39, 0.29) is 24.6 Å². The summed E-state index contributed by atoms with van der Waals surface area (Å²) in [6.45, 7) is 6.72. The van der Waals surface area contributed by atoms with Gasteiger partial charge in [-0.05, 0) is 58.3 Å². The Hall–Kier alpha value is -1.30. The van der Waals surface area contributed by atoms with Crippen molar-refractivity contribution in [2.45, 2.75) is 64.2 Å². The van der Waals surface area contributed by atoms with Gasteiger partial charge in [-0.25, -0.2) is 4.79 Å². The summed E-state index contributed by atoms with van der Waals surface area (Å²) in [4.78, 5) is 28.0. The second-order valence-corrected chi connectivity index (χ2v) is 8.26. The zero-order valence-corrected chi connectivity index (χ0v) is 14.3. The van der Waals surface area contributed by atoms with Crippen LogP contribution in [-0.2, 0) is 9.53 Å². The number of carbonyl (C=O) groups excluding carboxylic acids is 2. The van der Waals surface area contributed by atoms with Crippen LogP contribution in [-0.4, -0.2) is 64.3 Å². The Morgan fingerprint density at radius 3 is 2.26 bits per heavy atom. The molecule has 0 spiro atoms. The molecule has 0 aromatic rings. The highest BCUT2D eigenvalue weighted by Gasteiger charge is 2.45. The number of ether oxygens (including phenoxy) is 1. The standard InChI is InChI=1S/C17H28N2O4/c1-17(2,3)23-16(22)18-4-5-19(15(21)10-18)13-6-11-8-14(20)9-12(11)7-13/h11-14,20H,4-10H2,1-3H3/t11-,12+,13?,14?. The van der Waals surface area contributed by atoms with E-state index in [1.807, 2.05) is 25.7 Å². The number of amides is 2. The normalized spacial score (nSPS) is 34.7. The first-order chi connectivity index (χ1) is 10.7. The van der Waals surface area contributed by atoms with Crippen molar-refractivity contribution < 1.29 is 19.4 Å². The number of rotatable bonds is 1. The predicted octanol–water partition coefficient (Wildman–Crippen LogP) is 1.62. The maximum absolute atomic E-state index is 12.5. The van der Waals surface area contributed by atoms with Gasteiger partial charge in [-0.15, -0.1) is 0 Å². The Morgan fingerprint density at radius 1 is 1.13 bits per heavy atom. The van der Waals surface area contributed by atoms with Crippen LogP contribution in [0.15, 0.2) is 0 Å². The van der Waals surface area contributed by atoms with E-state index in [0.29, 0.717) is 24.9 Å². The summed E-state index contributed by atoms with van der Waals surface area (Å²) in [5.41, 5.74) is -0.541. The molecule has 2 saturated carbocycles. The Labute approximate surface area is 137 Å². The summed E-state index contributed by atoms with van der Waals surface area (Å²) in [7, 11) is 0. The fourth-order valence-corrected chi connectivity index (χ4v) is 4.36. The van der Waals surface area contributed by atoms with Gasteiger partial charge < -0.3 is 14.7 Å². The molecule has 130 valence electrons. The van der Waals surface area contributed by atoms with Crippen molar-refractivity contribution in [2.75, 3.05) is 19.6 Å². The number of nitrogens with zero attached hydrogens (tertiary/aromatic N) is 2. The zero-order valence-electron chi connectivity index (χ0n) is 14.3. The minimum Gasteiger partial charge on any atom is -0.444 e. The molecular weight excluding hydrogens is 296 g/mol. The van der Waals surface area contributed by atoms with E-state index >= 15 is 0 Å². The third-order valence-corrected chi connectivity index (χ3v) is 5.32. The van der Waals surface area contributed by atoms with Gasteiger partial charge in [-0.1, -0.05) is 0 Å². The number of piperazine rings is 1. The molecule has 3 aliphatic rings. The van der Waals surface area contributed by atoms with Gasteiger partial charge in [0.2, 0.25) is 5.91 Å². The molecule has 3 fully saturated rings. The average molecular weight is 324 g/mol. The molecular formula is C17H28N2O4. The number of aliphatic hydroxyl groups excluding tert-OH is 1. The van der Waals surface area contributed by atoms with Crippen LogP contribution in [0.1, 0.15) is 46.5 Å². The highest BCUT2D eigenvalue weighted by Crippen LogP contribution is 2.45. The first kappa shape index (κ1) is 16.6. The zero-order chi connectivity index (χ0) is 16.8. The lowest BCUT2D eigenvalue weighted by atomic mass is 10.0. The van der Waals surface area contributed by atoms with Gasteiger partial charge in [0.05, 0.1) is 6.10 Å². The third-order valence-electron chi connectivity index (χ3n) is 5.32. The lowest BCUT2D eigenvalue weighted by Crippen LogP contribution is -2.55. The summed E-state index contributed by atoms with van der Waals surface area (Å²) in [5, 5.41) is 9.73. The van der Waals surface area contributed by atoms with Crippen molar-refractivity contribution in [3.05, 3.63) is 0 Å². The SMILES string of the molecule is CC(C)(C)OC(=O)N1CCN(C2C[C@H]3CC(O)C[C@H]3C2)C(=O)C1. The molecule has 0 aromatic heterocycles. The highest BCUT2D eigenvalue weighted by molar-refractivity contribution is 5.84. The van der Waals surface area contributed by atoms with Gasteiger partial charge >= 0.3 is 6.09 Å². The molecule has 4 atom stereocenters. The molecule has 1 N–H and O–H groups in total. The van der Waals surface area contributed by atoms with E-state index in [2.05, 4.69) is 0 Å². The number of aliphatic hydroxyl groups is 1. The van der Waals surface area contributed by atoms with E-state index in [1.165, 1.54) is 4.90 Å². The molecule has 2 unspecified atom stereocenters. The van der Waals surface area contributed by atoms with Gasteiger partial charge in [-0.2, -0.15) is 0 Å². The molecule has 1 saturated heterocycles. The Balaban J connectivity index is 1.54. The van der Waals surface area contributed by atoms with Crippen LogP contribution in [0.25, 0.3) is 0 Å². The summed E-state index contributed by atoms with van der Waals surface area (Å²) in [6.07, 6.45) is 3.21. The fraction of sp³-hybridized carbons (Fsp3) is 0.882. The maximum Gasteiger partial charge on any atom is 0.410 e. The van der Waals surface area contributed by atoms with Gasteiger partial charge in [0, 0.05) is 19.1 Å². The van der Waals surface area contributed by atoms with Gasteiger partial charge in [0.15, 0.2) is 0 Å². The second kappa shape index (κ2) is 5.96. The van der Waals surface area contributed by atoms with E-state index in [0.717, 1.165) is 25.7 Å². The molecule has 6 heteroatoms. The topological polar surface area (TPSA) is 70.1 Å². The smallest absolute Gasteiger partial charge is 0.410 e. The summed E-state index contributed by atoms with van der Waals surface area (Å²) >= 11 is 0. The Bertz CT molecular complexity index is 473. The number of hydrogen-bond acceptors (Lipinski definition) is 4. The number of carbonyl (C=O) groups is 2. The molecule has 23 heavy (non-hydrogen) atoms. The van der Waals surface area contributed by atoms with E-state index in [4.69, 9.17) is 4.74 Å². The molecule has 0 aromatic carbocycles. The minimum atomic E-state index is -0.541. The third kappa shape index (κ3) is 3.62. The summed E-state index contributed by atoms with van der Waals surface area (Å²) in [5.74, 6) is 1.14. The van der Waals surface area contributed by atoms with Crippen LogP contribution in [0.2, 0.25) is 0 Å². The first-order valence-corrected chi connectivity index (χ1v) is 8.68. The van der Waals surface area contributed by atoms with Crippen LogP contribution in [0.3, 0.4) is 0 Å². The first-order valence-electron chi connectivity index (χ1n) is 8.68. The van der Waals surface area contributed by atoms with Gasteiger partial charge in [0.1, 0.15) is 12.1 Å². The Kier molecular flexibility index (Phi) is 4.29. The van der Waals surface area contributed by atoms with E-state index in [9.17, 15) is 14.7 Å². The second-order valence-electron chi connectivity index (χ2n) is 8.26. The van der Waals surface area contributed by atoms with Crippen molar-refractivity contribution in [3.63, 3.8) is 0 Å². The van der Waals surface area contributed by atoms with Crippen LogP contribution in [0, 0.1) is 11.8 Å². The fourth-order valence-electron chi connectivity index (χ4n) is 4.36. The molecule has 2 amide bonds. The van der Waals surface area contributed by atoms with Crippen molar-refractivity contribution in [2.24, 2.45) is 11.8 Å². The summed E-state index contributed by atoms with van der Waals surface area (Å²) < 4.78 is 5.35. The predicted molar refractivity (Wildman–Crippen MR) is 84.8 cm³/mol. The molecule has 0 bridgehead atoms. The van der Waals surface area contributed by atoms with Crippen molar-refractivity contribution in [3.8, 4) is 0 Å². The summed E-state index contributed by atoms with van der Waals surface area (Å²) in [6, 6.07) is 0.283. The van der Waals surface area contributed by atoms with Gasteiger partial charge in [0.25, 0.3) is 0 Å². The van der Waals surface area contributed by atoms with Crippen LogP contribution < -0.4 is 0 Å². The highest BCUT2D eigenvalue weighted by atomic mass is 16.6. The lowest BCUT2D eigenvalue weighted by molar-refractivity contribution is -0.138. The van der Waals surface area contributed by atoms with Crippen molar-refractivity contribution in [1.82, 2.24) is 9.80 Å². The molecule has 1 heterocycles. The van der Waals surface area contributed by atoms with E-state index < -0.39 is 11.7 Å². The molecule has 2 aliphatic carbocycles. The van der Waals surface area contributed by atoms with E-state index in [1.54, 1.807) is 0 Å². The van der Waals surface area contributed by atoms with Crippen LogP contribution >= 0.6 is 0 Å². The molecule has 3 rings (SSSR count). The molecule has 0 radical (unpaired) electrons. The quantitative estimate of drug-likeness (QED) is 0.795. The van der Waals surface area contributed by atoms with Crippen molar-refractivity contribution in [1.29, 1.82) is 0 Å². The monoisotopic (exact) mass is 324 g/mol. The van der Waals surface area contributed by atoms with Crippen molar-refractivity contribution >= 4 is 12.0 Å². The van der Waals surface area contributed by atoms with Crippen LogP contribution in [0.5, 0.6) is 0 Å². The maximum atomic E-state index is 12.5. The minimum absolute atomic E-state index is 0.0210. The molecule has 6 nitrogen and oxygen atoms in total. The Morgan fingerprint density at radius 2 is 1.74 bits per heavy atom. The lowest BCUT2D eigenvalue weighted by Gasteiger charge is -2.38.